The summed E-state index contributed by atoms with van der Waals surface area (Å²) in [6.07, 6.45) is 0. The van der Waals surface area contributed by atoms with Crippen LogP contribution in [-0.2, 0) is 0 Å². The highest BCUT2D eigenvalue weighted by Gasteiger charge is 2.14. The maximum absolute atomic E-state index is 13.7. The Morgan fingerprint density at radius 2 is 1.42 bits per heavy atom. The molecule has 0 atom stereocenters. The lowest BCUT2D eigenvalue weighted by molar-refractivity contribution is 0.976. The third-order valence-electron chi connectivity index (χ3n) is 5.33. The molecular formula is C27H19ClN4O. The molecule has 0 spiro atoms. The molecule has 0 aliphatic carbocycles. The maximum Gasteiger partial charge on any atom is 0.266 e. The Hall–Kier alpha value is -4.09. The number of aromatic nitrogens is 2. The number of rotatable bonds is 4. The van der Waals surface area contributed by atoms with Crippen molar-refractivity contribution in [2.24, 2.45) is 10.2 Å². The fourth-order valence-electron chi connectivity index (χ4n) is 3.59. The lowest BCUT2D eigenvalue weighted by atomic mass is 10.1. The van der Waals surface area contributed by atoms with Crippen LogP contribution in [0.4, 0.5) is 11.4 Å². The molecule has 0 N–H and O–H groups in total. The van der Waals surface area contributed by atoms with Gasteiger partial charge in [0.05, 0.1) is 28.0 Å². The van der Waals surface area contributed by atoms with Gasteiger partial charge in [-0.05, 0) is 55.0 Å². The first-order valence-corrected chi connectivity index (χ1v) is 10.8. The number of benzene rings is 4. The lowest BCUT2D eigenvalue weighted by Crippen LogP contribution is -2.21. The fourth-order valence-corrected chi connectivity index (χ4v) is 3.77. The molecule has 6 heteroatoms. The lowest BCUT2D eigenvalue weighted by Gasteiger charge is -2.14. The van der Waals surface area contributed by atoms with Crippen molar-refractivity contribution in [3.63, 3.8) is 0 Å². The molecule has 0 saturated carbocycles. The minimum absolute atomic E-state index is 0.166. The van der Waals surface area contributed by atoms with Crippen molar-refractivity contribution in [2.45, 2.75) is 6.92 Å². The van der Waals surface area contributed by atoms with E-state index in [2.05, 4.69) is 10.2 Å². The standard InChI is InChI=1S/C27H19ClN4O/c1-18-12-13-21(17-24(18)28)31-30-20-14-15-25-23(16-20)27(33)32(22-10-6-3-7-11-22)26(29-25)19-8-4-2-5-9-19/h2-17H,1H3. The molecule has 33 heavy (non-hydrogen) atoms. The number of hydrogen-bond acceptors (Lipinski definition) is 4. The average Bonchev–Trinajstić information content (AvgIpc) is 2.86. The van der Waals surface area contributed by atoms with E-state index in [9.17, 15) is 4.79 Å². The molecule has 0 fully saturated rings. The Balaban J connectivity index is 1.66. The van der Waals surface area contributed by atoms with Crippen LogP contribution in [-0.4, -0.2) is 9.55 Å². The van der Waals surface area contributed by atoms with Crippen LogP contribution in [0, 0.1) is 6.92 Å². The molecule has 0 amide bonds. The number of fused-ring (bicyclic) bond motifs is 1. The summed E-state index contributed by atoms with van der Waals surface area (Å²) >= 11 is 6.18. The normalized spacial score (nSPS) is 11.3. The second-order valence-electron chi connectivity index (χ2n) is 7.61. The molecule has 4 aromatic carbocycles. The van der Waals surface area contributed by atoms with Crippen molar-refractivity contribution in [3.05, 3.63) is 118 Å². The molecule has 0 radical (unpaired) electrons. The van der Waals surface area contributed by atoms with Crippen molar-refractivity contribution < 1.29 is 0 Å². The predicted octanol–water partition coefficient (Wildman–Crippen LogP) is 7.43. The monoisotopic (exact) mass is 450 g/mol. The van der Waals surface area contributed by atoms with Gasteiger partial charge < -0.3 is 0 Å². The molecule has 1 heterocycles. The number of halogens is 1. The zero-order valence-corrected chi connectivity index (χ0v) is 18.6. The highest BCUT2D eigenvalue weighted by molar-refractivity contribution is 6.31. The van der Waals surface area contributed by atoms with Crippen LogP contribution in [0.3, 0.4) is 0 Å². The number of para-hydroxylation sites is 1. The molecule has 5 aromatic rings. The topological polar surface area (TPSA) is 59.6 Å². The Morgan fingerprint density at radius 3 is 2.12 bits per heavy atom. The number of nitrogens with zero attached hydrogens (tertiary/aromatic N) is 4. The van der Waals surface area contributed by atoms with Gasteiger partial charge in [-0.2, -0.15) is 10.2 Å². The second-order valence-corrected chi connectivity index (χ2v) is 8.02. The minimum Gasteiger partial charge on any atom is -0.268 e. The zero-order valence-electron chi connectivity index (χ0n) is 17.8. The highest BCUT2D eigenvalue weighted by Crippen LogP contribution is 2.27. The van der Waals surface area contributed by atoms with Gasteiger partial charge in [-0.3, -0.25) is 9.36 Å². The number of aryl methyl sites for hydroxylation is 1. The first-order chi connectivity index (χ1) is 16.1. The summed E-state index contributed by atoms with van der Waals surface area (Å²) in [5.41, 5.74) is 4.22. The van der Waals surface area contributed by atoms with E-state index in [1.54, 1.807) is 28.8 Å². The number of azo groups is 1. The fraction of sp³-hybridized carbons (Fsp3) is 0.0370. The highest BCUT2D eigenvalue weighted by atomic mass is 35.5. The van der Waals surface area contributed by atoms with Gasteiger partial charge in [0.1, 0.15) is 5.82 Å². The summed E-state index contributed by atoms with van der Waals surface area (Å²) in [4.78, 5) is 18.5. The van der Waals surface area contributed by atoms with Crippen LogP contribution < -0.4 is 5.56 Å². The van der Waals surface area contributed by atoms with Crippen molar-refractivity contribution >= 4 is 33.9 Å². The molecular weight excluding hydrogens is 432 g/mol. The molecule has 0 bridgehead atoms. The maximum atomic E-state index is 13.7. The van der Waals surface area contributed by atoms with E-state index in [0.717, 1.165) is 16.8 Å². The smallest absolute Gasteiger partial charge is 0.266 e. The summed E-state index contributed by atoms with van der Waals surface area (Å²) < 4.78 is 1.64. The summed E-state index contributed by atoms with van der Waals surface area (Å²) in [5, 5.41) is 9.69. The van der Waals surface area contributed by atoms with E-state index in [1.807, 2.05) is 79.7 Å². The van der Waals surface area contributed by atoms with Gasteiger partial charge in [0, 0.05) is 10.6 Å². The van der Waals surface area contributed by atoms with Crippen molar-refractivity contribution in [3.8, 4) is 17.1 Å². The van der Waals surface area contributed by atoms with E-state index < -0.39 is 0 Å². The van der Waals surface area contributed by atoms with Gasteiger partial charge in [0.25, 0.3) is 5.56 Å². The quantitative estimate of drug-likeness (QED) is 0.267. The van der Waals surface area contributed by atoms with E-state index >= 15 is 0 Å². The third kappa shape index (κ3) is 4.19. The SMILES string of the molecule is Cc1ccc(N=Nc2ccc3nc(-c4ccccc4)n(-c4ccccc4)c(=O)c3c2)cc1Cl. The van der Waals surface area contributed by atoms with Crippen LogP contribution in [0.1, 0.15) is 5.56 Å². The first kappa shape index (κ1) is 20.8. The molecule has 0 aliphatic heterocycles. The predicted molar refractivity (Wildman–Crippen MR) is 133 cm³/mol. The van der Waals surface area contributed by atoms with E-state index in [0.29, 0.717) is 33.1 Å². The summed E-state index contributed by atoms with van der Waals surface area (Å²) in [6.45, 7) is 1.93. The summed E-state index contributed by atoms with van der Waals surface area (Å²) in [7, 11) is 0. The van der Waals surface area contributed by atoms with Crippen molar-refractivity contribution in [1.82, 2.24) is 9.55 Å². The summed E-state index contributed by atoms with van der Waals surface area (Å²) in [5.74, 6) is 0.586. The van der Waals surface area contributed by atoms with Gasteiger partial charge in [-0.15, -0.1) is 0 Å². The largest absolute Gasteiger partial charge is 0.268 e. The van der Waals surface area contributed by atoms with Gasteiger partial charge in [-0.1, -0.05) is 66.2 Å². The Labute approximate surface area is 195 Å². The Kier molecular flexibility index (Phi) is 5.55. The molecule has 160 valence electrons. The van der Waals surface area contributed by atoms with Gasteiger partial charge in [-0.25, -0.2) is 4.98 Å². The van der Waals surface area contributed by atoms with Crippen LogP contribution in [0.25, 0.3) is 28.0 Å². The van der Waals surface area contributed by atoms with Crippen LogP contribution in [0.5, 0.6) is 0 Å². The van der Waals surface area contributed by atoms with Crippen LogP contribution in [0.2, 0.25) is 5.02 Å². The Bertz CT molecular complexity index is 1540. The minimum atomic E-state index is -0.166. The zero-order chi connectivity index (χ0) is 22.8. The molecule has 0 aliphatic rings. The molecule has 0 saturated heterocycles. The van der Waals surface area contributed by atoms with Crippen molar-refractivity contribution in [2.75, 3.05) is 0 Å². The molecule has 5 rings (SSSR count). The third-order valence-corrected chi connectivity index (χ3v) is 5.74. The van der Waals surface area contributed by atoms with Gasteiger partial charge in [0.2, 0.25) is 0 Å². The summed E-state index contributed by atoms with van der Waals surface area (Å²) in [6, 6.07) is 30.0. The molecule has 1 aromatic heterocycles. The van der Waals surface area contributed by atoms with E-state index in [4.69, 9.17) is 16.6 Å². The second kappa shape index (κ2) is 8.81. The van der Waals surface area contributed by atoms with E-state index in [-0.39, 0.29) is 5.56 Å². The van der Waals surface area contributed by atoms with Gasteiger partial charge in [0.15, 0.2) is 0 Å². The average molecular weight is 451 g/mol. The molecule has 0 unspecified atom stereocenters. The Morgan fingerprint density at radius 1 is 0.788 bits per heavy atom. The van der Waals surface area contributed by atoms with E-state index in [1.165, 1.54) is 0 Å². The van der Waals surface area contributed by atoms with Crippen LogP contribution in [0.15, 0.2) is 112 Å². The van der Waals surface area contributed by atoms with Gasteiger partial charge >= 0.3 is 0 Å². The molecule has 5 nitrogen and oxygen atoms in total. The van der Waals surface area contributed by atoms with Crippen molar-refractivity contribution in [1.29, 1.82) is 0 Å². The number of hydrogen-bond donors (Lipinski definition) is 0. The van der Waals surface area contributed by atoms with Crippen LogP contribution >= 0.6 is 11.6 Å². The first-order valence-electron chi connectivity index (χ1n) is 10.5.